The van der Waals surface area contributed by atoms with Crippen molar-refractivity contribution >= 4 is 5.91 Å². The third-order valence-corrected chi connectivity index (χ3v) is 4.73. The molecule has 11 heteroatoms. The van der Waals surface area contributed by atoms with E-state index in [0.717, 1.165) is 6.07 Å². The molecule has 1 atom stereocenters. The predicted molar refractivity (Wildman–Crippen MR) is 106 cm³/mol. The van der Waals surface area contributed by atoms with E-state index < -0.39 is 12.1 Å². The molecule has 0 aliphatic carbocycles. The van der Waals surface area contributed by atoms with Crippen LogP contribution < -0.4 is 14.8 Å². The van der Waals surface area contributed by atoms with Crippen molar-refractivity contribution in [1.29, 1.82) is 0 Å². The summed E-state index contributed by atoms with van der Waals surface area (Å²) in [7, 11) is 0. The molecule has 1 fully saturated rings. The number of pyridine rings is 1. The monoisotopic (exact) mass is 448 g/mol. The Hall–Kier alpha value is -3.60. The number of hydrogen-bond acceptors (Lipinski definition) is 7. The van der Waals surface area contributed by atoms with E-state index in [9.17, 15) is 18.0 Å². The van der Waals surface area contributed by atoms with Gasteiger partial charge in [-0.3, -0.25) is 9.78 Å². The van der Waals surface area contributed by atoms with Crippen LogP contribution in [-0.2, 0) is 0 Å². The lowest BCUT2D eigenvalue weighted by molar-refractivity contribution is -0.274. The highest BCUT2D eigenvalue weighted by atomic mass is 19.4. The van der Waals surface area contributed by atoms with E-state index in [1.807, 2.05) is 0 Å². The summed E-state index contributed by atoms with van der Waals surface area (Å²) in [4.78, 5) is 22.9. The Morgan fingerprint density at radius 3 is 2.88 bits per heavy atom. The van der Waals surface area contributed by atoms with E-state index >= 15 is 0 Å². The summed E-state index contributed by atoms with van der Waals surface area (Å²) in [5, 5.41) is 3.22. The Labute approximate surface area is 181 Å². The highest BCUT2D eigenvalue weighted by molar-refractivity contribution is 5.92. The molecule has 1 saturated heterocycles. The Balaban J connectivity index is 1.47. The van der Waals surface area contributed by atoms with Crippen LogP contribution in [0.4, 0.5) is 13.2 Å². The van der Waals surface area contributed by atoms with Gasteiger partial charge in [-0.1, -0.05) is 6.07 Å². The number of nitrogens with zero attached hydrogens (tertiary/aromatic N) is 3. The van der Waals surface area contributed by atoms with Crippen molar-refractivity contribution in [3.63, 3.8) is 0 Å². The molecule has 1 aliphatic rings. The van der Waals surface area contributed by atoms with Gasteiger partial charge in [-0.05, 0) is 30.3 Å². The minimum absolute atomic E-state index is 0.0132. The van der Waals surface area contributed by atoms with Gasteiger partial charge in [-0.15, -0.1) is 13.2 Å². The van der Waals surface area contributed by atoms with E-state index in [4.69, 9.17) is 9.15 Å². The fourth-order valence-corrected chi connectivity index (χ4v) is 3.28. The second-order valence-electron chi connectivity index (χ2n) is 6.97. The van der Waals surface area contributed by atoms with Crippen LogP contribution in [0.1, 0.15) is 10.5 Å². The number of amides is 1. The van der Waals surface area contributed by atoms with Crippen LogP contribution in [-0.4, -0.2) is 59.4 Å². The van der Waals surface area contributed by atoms with E-state index in [2.05, 4.69) is 20.0 Å². The minimum atomic E-state index is -4.81. The molecule has 32 heavy (non-hydrogen) atoms. The number of alkyl halides is 3. The number of carbonyl (C=O) groups is 1. The third-order valence-electron chi connectivity index (χ3n) is 4.73. The van der Waals surface area contributed by atoms with Gasteiger partial charge in [-0.25, -0.2) is 4.98 Å². The molecule has 0 radical (unpaired) electrons. The third kappa shape index (κ3) is 5.35. The van der Waals surface area contributed by atoms with Gasteiger partial charge in [0.15, 0.2) is 5.69 Å². The molecular weight excluding hydrogens is 429 g/mol. The first-order valence-corrected chi connectivity index (χ1v) is 9.75. The van der Waals surface area contributed by atoms with Gasteiger partial charge in [0.25, 0.3) is 5.91 Å². The number of piperazine rings is 1. The molecule has 0 saturated carbocycles. The number of carbonyl (C=O) groups excluding carboxylic acids is 1. The summed E-state index contributed by atoms with van der Waals surface area (Å²) in [5.74, 6) is -0.158. The normalized spacial score (nSPS) is 16.6. The molecule has 1 N–H and O–H groups in total. The van der Waals surface area contributed by atoms with E-state index in [1.54, 1.807) is 29.4 Å². The van der Waals surface area contributed by atoms with Crippen molar-refractivity contribution in [1.82, 2.24) is 20.2 Å². The zero-order chi connectivity index (χ0) is 22.6. The number of aromatic nitrogens is 2. The highest BCUT2D eigenvalue weighted by Gasteiger charge is 2.32. The van der Waals surface area contributed by atoms with Gasteiger partial charge in [0, 0.05) is 31.4 Å². The van der Waals surface area contributed by atoms with Crippen molar-refractivity contribution < 1.29 is 31.9 Å². The molecule has 0 bridgehead atoms. The van der Waals surface area contributed by atoms with Gasteiger partial charge in [0.1, 0.15) is 24.4 Å². The van der Waals surface area contributed by atoms with Crippen LogP contribution in [0.25, 0.3) is 11.5 Å². The highest BCUT2D eigenvalue weighted by Crippen LogP contribution is 2.28. The average molecular weight is 448 g/mol. The Morgan fingerprint density at radius 1 is 1.25 bits per heavy atom. The van der Waals surface area contributed by atoms with Gasteiger partial charge in [0.05, 0.1) is 12.2 Å². The predicted octanol–water partition coefficient (Wildman–Crippen LogP) is 3.13. The summed E-state index contributed by atoms with van der Waals surface area (Å²) in [6.07, 6.45) is -0.400. The fourth-order valence-electron chi connectivity index (χ4n) is 3.28. The Morgan fingerprint density at radius 2 is 2.09 bits per heavy atom. The number of halogens is 3. The molecule has 8 nitrogen and oxygen atoms in total. The minimum Gasteiger partial charge on any atom is -0.490 e. The lowest BCUT2D eigenvalue weighted by Gasteiger charge is -2.35. The quantitative estimate of drug-likeness (QED) is 0.620. The topological polar surface area (TPSA) is 89.7 Å². The Kier molecular flexibility index (Phi) is 6.26. The van der Waals surface area contributed by atoms with Crippen LogP contribution in [0.2, 0.25) is 0 Å². The lowest BCUT2D eigenvalue weighted by atomic mass is 10.2. The van der Waals surface area contributed by atoms with E-state index in [-0.39, 0.29) is 35.7 Å². The SMILES string of the molecule is O=C(c1coc(-c2cccc(OC(F)(F)F)c2)n1)N1CCNCC1COc1cccnc1. The average Bonchev–Trinajstić information content (AvgIpc) is 3.28. The summed E-state index contributed by atoms with van der Waals surface area (Å²) < 4.78 is 52.4. The molecular formula is C21H19F3N4O4. The zero-order valence-electron chi connectivity index (χ0n) is 16.7. The number of rotatable bonds is 6. The molecule has 168 valence electrons. The number of hydrogen-bond donors (Lipinski definition) is 1. The molecule has 3 heterocycles. The maximum absolute atomic E-state index is 13.1. The maximum Gasteiger partial charge on any atom is 0.573 e. The second-order valence-corrected chi connectivity index (χ2v) is 6.97. The number of benzene rings is 1. The van der Waals surface area contributed by atoms with Crippen LogP contribution in [0, 0.1) is 0 Å². The standard InChI is InChI=1S/C21H19F3N4O4/c22-21(23,24)32-16-4-1-3-14(9-16)19-27-18(13-31-19)20(29)28-8-7-26-10-15(28)12-30-17-5-2-6-25-11-17/h1-6,9,11,13,15,26H,7-8,10,12H2. The summed E-state index contributed by atoms with van der Waals surface area (Å²) in [6.45, 7) is 1.84. The first-order valence-electron chi connectivity index (χ1n) is 9.75. The van der Waals surface area contributed by atoms with Crippen molar-refractivity contribution in [3.05, 3.63) is 60.7 Å². The van der Waals surface area contributed by atoms with Gasteiger partial charge in [-0.2, -0.15) is 0 Å². The van der Waals surface area contributed by atoms with Crippen molar-refractivity contribution in [2.24, 2.45) is 0 Å². The largest absolute Gasteiger partial charge is 0.573 e. The molecule has 3 aromatic rings. The second kappa shape index (κ2) is 9.27. The first-order chi connectivity index (χ1) is 15.4. The van der Waals surface area contributed by atoms with E-state index in [0.29, 0.717) is 25.4 Å². The summed E-state index contributed by atoms with van der Waals surface area (Å²) in [6, 6.07) is 8.48. The number of oxazole rings is 1. The van der Waals surface area contributed by atoms with Crippen LogP contribution in [0.5, 0.6) is 11.5 Å². The van der Waals surface area contributed by atoms with Crippen molar-refractivity contribution in [2.75, 3.05) is 26.2 Å². The number of ether oxygens (including phenoxy) is 2. The first kappa shape index (κ1) is 21.6. The fraction of sp³-hybridized carbons (Fsp3) is 0.286. The lowest BCUT2D eigenvalue weighted by Crippen LogP contribution is -2.56. The van der Waals surface area contributed by atoms with Gasteiger partial charge < -0.3 is 24.1 Å². The van der Waals surface area contributed by atoms with Gasteiger partial charge >= 0.3 is 6.36 Å². The summed E-state index contributed by atoms with van der Waals surface area (Å²) in [5.41, 5.74) is 0.304. The number of nitrogens with one attached hydrogen (secondary N) is 1. The molecule has 1 unspecified atom stereocenters. The van der Waals surface area contributed by atoms with Crippen molar-refractivity contribution in [2.45, 2.75) is 12.4 Å². The van der Waals surface area contributed by atoms with Crippen molar-refractivity contribution in [3.8, 4) is 23.0 Å². The summed E-state index contributed by atoms with van der Waals surface area (Å²) >= 11 is 0. The smallest absolute Gasteiger partial charge is 0.490 e. The van der Waals surface area contributed by atoms with Gasteiger partial charge in [0.2, 0.25) is 5.89 Å². The molecule has 4 rings (SSSR count). The maximum atomic E-state index is 13.1. The molecule has 1 aromatic carbocycles. The van der Waals surface area contributed by atoms with Crippen LogP contribution in [0.15, 0.2) is 59.5 Å². The molecule has 2 aromatic heterocycles. The molecule has 0 spiro atoms. The Bertz CT molecular complexity index is 1060. The zero-order valence-corrected chi connectivity index (χ0v) is 16.7. The van der Waals surface area contributed by atoms with Crippen LogP contribution in [0.3, 0.4) is 0 Å². The van der Waals surface area contributed by atoms with E-state index in [1.165, 1.54) is 24.5 Å². The molecule has 1 aliphatic heterocycles. The molecule has 1 amide bonds. The van der Waals surface area contributed by atoms with Crippen LogP contribution >= 0.6 is 0 Å².